The van der Waals surface area contributed by atoms with Gasteiger partial charge < -0.3 is 4.98 Å². The van der Waals surface area contributed by atoms with Crippen LogP contribution in [0.3, 0.4) is 0 Å². The van der Waals surface area contributed by atoms with Gasteiger partial charge in [0.05, 0.1) is 16.5 Å². The zero-order valence-electron chi connectivity index (χ0n) is 17.2. The van der Waals surface area contributed by atoms with Gasteiger partial charge in [-0.25, -0.2) is 9.97 Å². The van der Waals surface area contributed by atoms with Gasteiger partial charge in [-0.05, 0) is 56.1 Å². The second kappa shape index (κ2) is 7.56. The van der Waals surface area contributed by atoms with Crippen molar-refractivity contribution < 1.29 is 0 Å². The van der Waals surface area contributed by atoms with Gasteiger partial charge in [0.25, 0.3) is 11.1 Å². The van der Waals surface area contributed by atoms with Crippen LogP contribution in [0.15, 0.2) is 14.7 Å². The fourth-order valence-corrected chi connectivity index (χ4v) is 8.32. The lowest BCUT2D eigenvalue weighted by molar-refractivity contribution is 0.585. The number of fused-ring (bicyclic) bond motifs is 6. The summed E-state index contributed by atoms with van der Waals surface area (Å²) in [6.45, 7) is 2.72. The first-order chi connectivity index (χ1) is 15.1. The van der Waals surface area contributed by atoms with Crippen LogP contribution in [0.4, 0.5) is 0 Å². The monoisotopic (exact) mass is 470 g/mol. The Morgan fingerprint density at radius 3 is 2.35 bits per heavy atom. The maximum atomic E-state index is 13.3. The third-order valence-electron chi connectivity index (χ3n) is 6.20. The summed E-state index contributed by atoms with van der Waals surface area (Å²) in [6.07, 6.45) is 7.21. The Balaban J connectivity index is 1.37. The molecule has 0 unspecified atom stereocenters. The molecule has 2 aliphatic rings. The summed E-state index contributed by atoms with van der Waals surface area (Å²) in [5, 5.41) is 2.33. The van der Waals surface area contributed by atoms with E-state index in [9.17, 15) is 9.59 Å². The van der Waals surface area contributed by atoms with Crippen molar-refractivity contribution in [1.29, 1.82) is 0 Å². The normalized spacial score (nSPS) is 15.3. The number of hydrogen-bond donors (Lipinski definition) is 1. The van der Waals surface area contributed by atoms with Crippen molar-refractivity contribution >= 4 is 54.9 Å². The van der Waals surface area contributed by atoms with Crippen LogP contribution in [0, 0.1) is 0 Å². The number of nitrogens with one attached hydrogen (secondary N) is 1. The summed E-state index contributed by atoms with van der Waals surface area (Å²) < 4.78 is 1.81. The van der Waals surface area contributed by atoms with Crippen LogP contribution >= 0.6 is 34.4 Å². The van der Waals surface area contributed by atoms with Gasteiger partial charge in [0, 0.05) is 16.3 Å². The molecule has 6 rings (SSSR count). The SMILES string of the molecule is CCCn1c(SCc2nc3sc4c(c3c(=O)[nH]2)CCC4)nc2sc3c(c2c1=O)CCC3. The number of rotatable bonds is 5. The Kier molecular flexibility index (Phi) is 4.81. The van der Waals surface area contributed by atoms with E-state index in [-0.39, 0.29) is 11.1 Å². The van der Waals surface area contributed by atoms with Gasteiger partial charge in [-0.3, -0.25) is 14.2 Å². The van der Waals surface area contributed by atoms with Crippen LogP contribution in [0.25, 0.3) is 20.4 Å². The van der Waals surface area contributed by atoms with Crippen LogP contribution in [-0.2, 0) is 38.0 Å². The van der Waals surface area contributed by atoms with Crippen LogP contribution in [0.5, 0.6) is 0 Å². The Morgan fingerprint density at radius 2 is 1.65 bits per heavy atom. The van der Waals surface area contributed by atoms with Crippen molar-refractivity contribution in [2.45, 2.75) is 69.3 Å². The molecule has 9 heteroatoms. The molecular weight excluding hydrogens is 448 g/mol. The number of hydrogen-bond acceptors (Lipinski definition) is 7. The molecule has 0 aromatic carbocycles. The van der Waals surface area contributed by atoms with Gasteiger partial charge in [0.2, 0.25) is 0 Å². The summed E-state index contributed by atoms with van der Waals surface area (Å²) in [7, 11) is 0. The summed E-state index contributed by atoms with van der Waals surface area (Å²) in [5.41, 5.74) is 2.47. The predicted octanol–water partition coefficient (Wildman–Crippen LogP) is 4.44. The zero-order valence-corrected chi connectivity index (χ0v) is 19.7. The van der Waals surface area contributed by atoms with Crippen LogP contribution in [0.1, 0.15) is 52.9 Å². The largest absolute Gasteiger partial charge is 0.309 e. The minimum Gasteiger partial charge on any atom is -0.309 e. The van der Waals surface area contributed by atoms with Gasteiger partial charge in [-0.15, -0.1) is 22.7 Å². The second-order valence-electron chi connectivity index (χ2n) is 8.23. The molecule has 4 heterocycles. The molecule has 4 aromatic rings. The lowest BCUT2D eigenvalue weighted by Gasteiger charge is -2.11. The topological polar surface area (TPSA) is 80.6 Å². The molecule has 0 radical (unpaired) electrons. The fraction of sp³-hybridized carbons (Fsp3) is 0.455. The maximum absolute atomic E-state index is 13.3. The van der Waals surface area contributed by atoms with Gasteiger partial charge in [-0.1, -0.05) is 18.7 Å². The second-order valence-corrected chi connectivity index (χ2v) is 11.3. The number of nitrogens with zero attached hydrogens (tertiary/aromatic N) is 3. The molecule has 31 heavy (non-hydrogen) atoms. The van der Waals surface area contributed by atoms with E-state index in [2.05, 4.69) is 11.9 Å². The average molecular weight is 471 g/mol. The molecule has 0 saturated carbocycles. The molecule has 0 saturated heterocycles. The first-order valence-corrected chi connectivity index (χ1v) is 13.5. The highest BCUT2D eigenvalue weighted by molar-refractivity contribution is 7.98. The molecule has 0 atom stereocenters. The van der Waals surface area contributed by atoms with Crippen molar-refractivity contribution in [3.63, 3.8) is 0 Å². The van der Waals surface area contributed by atoms with E-state index < -0.39 is 0 Å². The summed E-state index contributed by atoms with van der Waals surface area (Å²) in [4.78, 5) is 43.0. The number of aryl methyl sites for hydroxylation is 4. The van der Waals surface area contributed by atoms with E-state index >= 15 is 0 Å². The highest BCUT2D eigenvalue weighted by atomic mass is 32.2. The zero-order chi connectivity index (χ0) is 21.1. The molecule has 0 aliphatic heterocycles. The molecule has 4 aromatic heterocycles. The molecule has 1 N–H and O–H groups in total. The third-order valence-corrected chi connectivity index (χ3v) is 9.56. The molecule has 2 aliphatic carbocycles. The summed E-state index contributed by atoms with van der Waals surface area (Å²) in [5.74, 6) is 1.13. The van der Waals surface area contributed by atoms with E-state index in [0.717, 1.165) is 70.5 Å². The molecular formula is C22H22N4O2S3. The minimum absolute atomic E-state index is 0.0379. The molecule has 6 nitrogen and oxygen atoms in total. The number of aromatic nitrogens is 4. The van der Waals surface area contributed by atoms with Crippen molar-refractivity contribution in [2.75, 3.05) is 0 Å². The Bertz CT molecular complexity index is 1460. The number of thiophene rings is 2. The van der Waals surface area contributed by atoms with Crippen LogP contribution < -0.4 is 11.1 Å². The molecule has 160 valence electrons. The molecule has 0 spiro atoms. The first kappa shape index (κ1) is 19.7. The predicted molar refractivity (Wildman–Crippen MR) is 128 cm³/mol. The average Bonchev–Trinajstić information content (AvgIpc) is 3.48. The Morgan fingerprint density at radius 1 is 0.968 bits per heavy atom. The number of thioether (sulfide) groups is 1. The van der Waals surface area contributed by atoms with Crippen LogP contribution in [-0.4, -0.2) is 19.5 Å². The summed E-state index contributed by atoms with van der Waals surface area (Å²) >= 11 is 4.82. The highest BCUT2D eigenvalue weighted by Gasteiger charge is 2.24. The van der Waals surface area contributed by atoms with Crippen LogP contribution in [0.2, 0.25) is 0 Å². The quantitative estimate of drug-likeness (QED) is 0.345. The van der Waals surface area contributed by atoms with Crippen molar-refractivity contribution in [1.82, 2.24) is 19.5 Å². The van der Waals surface area contributed by atoms with Crippen molar-refractivity contribution in [3.05, 3.63) is 47.4 Å². The third kappa shape index (κ3) is 3.12. The van der Waals surface area contributed by atoms with E-state index in [1.807, 2.05) is 4.57 Å². The van der Waals surface area contributed by atoms with E-state index in [4.69, 9.17) is 9.97 Å². The van der Waals surface area contributed by atoms with Gasteiger partial charge in [0.15, 0.2) is 5.16 Å². The minimum atomic E-state index is -0.0379. The highest BCUT2D eigenvalue weighted by Crippen LogP contribution is 2.37. The number of aromatic amines is 1. The molecule has 0 bridgehead atoms. The number of H-pyrrole nitrogens is 1. The van der Waals surface area contributed by atoms with E-state index in [1.165, 1.54) is 32.6 Å². The maximum Gasteiger partial charge on any atom is 0.263 e. The molecule has 0 fully saturated rings. The van der Waals surface area contributed by atoms with E-state index in [0.29, 0.717) is 18.1 Å². The molecule has 0 amide bonds. The lowest BCUT2D eigenvalue weighted by atomic mass is 10.2. The van der Waals surface area contributed by atoms with E-state index in [1.54, 1.807) is 22.7 Å². The van der Waals surface area contributed by atoms with Crippen molar-refractivity contribution in [2.24, 2.45) is 0 Å². The van der Waals surface area contributed by atoms with Gasteiger partial charge in [0.1, 0.15) is 15.5 Å². The fourth-order valence-electron chi connectivity index (χ4n) is 4.84. The lowest BCUT2D eigenvalue weighted by Crippen LogP contribution is -2.23. The Labute approximate surface area is 190 Å². The summed E-state index contributed by atoms with van der Waals surface area (Å²) in [6, 6.07) is 0. The van der Waals surface area contributed by atoms with Gasteiger partial charge in [-0.2, -0.15) is 0 Å². The Hall–Kier alpha value is -1.97. The smallest absolute Gasteiger partial charge is 0.263 e. The van der Waals surface area contributed by atoms with Gasteiger partial charge >= 0.3 is 0 Å². The van der Waals surface area contributed by atoms with Crippen molar-refractivity contribution in [3.8, 4) is 0 Å². The first-order valence-electron chi connectivity index (χ1n) is 10.9. The standard InChI is InChI=1S/C22H22N4O2S3/c1-2-9-26-21(28)17-12-6-4-8-14(12)31-20(17)25-22(26)29-10-15-23-18(27)16-11-5-3-7-13(11)30-19(16)24-15/h2-10H2,1H3,(H,23,24,27).